The first kappa shape index (κ1) is 13.7. The van der Waals surface area contributed by atoms with Crippen molar-refractivity contribution >= 4 is 17.4 Å². The molecule has 1 aromatic carbocycles. The van der Waals surface area contributed by atoms with Gasteiger partial charge in [-0.05, 0) is 30.5 Å². The molecule has 0 unspecified atom stereocenters. The predicted octanol–water partition coefficient (Wildman–Crippen LogP) is 3.75. The van der Waals surface area contributed by atoms with Crippen LogP contribution in [0.2, 0.25) is 5.02 Å². The minimum absolute atomic E-state index is 0.199. The van der Waals surface area contributed by atoms with E-state index in [2.05, 4.69) is 11.8 Å². The molecule has 1 aromatic rings. The SMILES string of the molecule is Cc1cc(C#CC(=O)C(C)(C)C)c(F)cc1Cl. The molecule has 0 radical (unpaired) electrons. The Bertz CT molecular complexity index is 515. The van der Waals surface area contributed by atoms with Crippen LogP contribution in [0.5, 0.6) is 0 Å². The van der Waals surface area contributed by atoms with Crippen LogP contribution < -0.4 is 0 Å². The summed E-state index contributed by atoms with van der Waals surface area (Å²) in [4.78, 5) is 11.6. The molecular formula is C14H14ClFO. The fraction of sp³-hybridized carbons (Fsp3) is 0.357. The van der Waals surface area contributed by atoms with Gasteiger partial charge in [0.2, 0.25) is 5.78 Å². The normalized spacial score (nSPS) is 10.7. The van der Waals surface area contributed by atoms with E-state index in [1.165, 1.54) is 6.07 Å². The summed E-state index contributed by atoms with van der Waals surface area (Å²) < 4.78 is 13.5. The van der Waals surface area contributed by atoms with E-state index >= 15 is 0 Å². The molecule has 90 valence electrons. The van der Waals surface area contributed by atoms with Crippen LogP contribution in [0.25, 0.3) is 0 Å². The average Bonchev–Trinajstić information content (AvgIpc) is 2.19. The number of hydrogen-bond acceptors (Lipinski definition) is 1. The van der Waals surface area contributed by atoms with Crippen molar-refractivity contribution < 1.29 is 9.18 Å². The van der Waals surface area contributed by atoms with Gasteiger partial charge >= 0.3 is 0 Å². The second kappa shape index (κ2) is 4.89. The number of benzene rings is 1. The van der Waals surface area contributed by atoms with Gasteiger partial charge in [0, 0.05) is 10.4 Å². The monoisotopic (exact) mass is 252 g/mol. The Morgan fingerprint density at radius 1 is 1.35 bits per heavy atom. The second-order valence-electron chi connectivity index (χ2n) is 4.91. The average molecular weight is 253 g/mol. The van der Waals surface area contributed by atoms with Crippen molar-refractivity contribution in [2.24, 2.45) is 5.41 Å². The van der Waals surface area contributed by atoms with Crippen molar-refractivity contribution in [1.82, 2.24) is 0 Å². The number of carbonyl (C=O) groups is 1. The lowest BCUT2D eigenvalue weighted by Crippen LogP contribution is -2.17. The molecule has 0 bridgehead atoms. The number of aryl methyl sites for hydroxylation is 1. The minimum Gasteiger partial charge on any atom is -0.284 e. The molecule has 0 saturated carbocycles. The van der Waals surface area contributed by atoms with Crippen LogP contribution in [0.4, 0.5) is 4.39 Å². The van der Waals surface area contributed by atoms with Crippen LogP contribution in [-0.4, -0.2) is 5.78 Å². The summed E-state index contributed by atoms with van der Waals surface area (Å²) in [5, 5.41) is 0.357. The molecule has 0 spiro atoms. The van der Waals surface area contributed by atoms with Gasteiger partial charge in [0.05, 0.1) is 5.56 Å². The van der Waals surface area contributed by atoms with Crippen molar-refractivity contribution in [3.8, 4) is 11.8 Å². The topological polar surface area (TPSA) is 17.1 Å². The Balaban J connectivity index is 3.09. The summed E-state index contributed by atoms with van der Waals surface area (Å²) in [7, 11) is 0. The molecule has 0 aliphatic heterocycles. The van der Waals surface area contributed by atoms with Crippen molar-refractivity contribution in [3.63, 3.8) is 0 Å². The first-order chi connectivity index (χ1) is 7.71. The highest BCUT2D eigenvalue weighted by Gasteiger charge is 2.18. The predicted molar refractivity (Wildman–Crippen MR) is 67.5 cm³/mol. The molecule has 1 nitrogen and oxygen atoms in total. The van der Waals surface area contributed by atoms with Gasteiger partial charge < -0.3 is 0 Å². The van der Waals surface area contributed by atoms with Gasteiger partial charge in [-0.1, -0.05) is 38.3 Å². The van der Waals surface area contributed by atoms with E-state index in [1.54, 1.807) is 33.8 Å². The van der Waals surface area contributed by atoms with Gasteiger partial charge in [-0.2, -0.15) is 0 Å². The molecule has 0 heterocycles. The molecule has 0 atom stereocenters. The van der Waals surface area contributed by atoms with E-state index in [0.717, 1.165) is 5.56 Å². The summed E-state index contributed by atoms with van der Waals surface area (Å²) in [5.41, 5.74) is 0.398. The highest BCUT2D eigenvalue weighted by molar-refractivity contribution is 6.31. The fourth-order valence-corrected chi connectivity index (χ4v) is 1.21. The highest BCUT2D eigenvalue weighted by atomic mass is 35.5. The zero-order valence-electron chi connectivity index (χ0n) is 10.3. The third kappa shape index (κ3) is 3.57. The van der Waals surface area contributed by atoms with Gasteiger partial charge in [-0.25, -0.2) is 4.39 Å². The Morgan fingerprint density at radius 2 is 1.94 bits per heavy atom. The number of halogens is 2. The smallest absolute Gasteiger partial charge is 0.211 e. The van der Waals surface area contributed by atoms with Gasteiger partial charge in [0.15, 0.2) is 0 Å². The van der Waals surface area contributed by atoms with Crippen LogP contribution in [0.15, 0.2) is 12.1 Å². The zero-order valence-corrected chi connectivity index (χ0v) is 11.1. The van der Waals surface area contributed by atoms with Gasteiger partial charge in [0.1, 0.15) is 5.82 Å². The molecule has 0 fully saturated rings. The number of rotatable bonds is 0. The first-order valence-corrected chi connectivity index (χ1v) is 5.61. The molecule has 1 rings (SSSR count). The van der Waals surface area contributed by atoms with Crippen LogP contribution in [0.3, 0.4) is 0 Å². The highest BCUT2D eigenvalue weighted by Crippen LogP contribution is 2.19. The lowest BCUT2D eigenvalue weighted by Gasteiger charge is -2.10. The van der Waals surface area contributed by atoms with Crippen molar-refractivity contribution in [3.05, 3.63) is 34.1 Å². The largest absolute Gasteiger partial charge is 0.284 e. The van der Waals surface area contributed by atoms with E-state index in [0.29, 0.717) is 5.02 Å². The van der Waals surface area contributed by atoms with Crippen molar-refractivity contribution in [2.75, 3.05) is 0 Å². The van der Waals surface area contributed by atoms with Crippen LogP contribution in [-0.2, 0) is 4.79 Å². The molecule has 17 heavy (non-hydrogen) atoms. The third-order valence-electron chi connectivity index (χ3n) is 2.24. The number of hydrogen-bond donors (Lipinski definition) is 0. The molecule has 0 aliphatic rings. The number of carbonyl (C=O) groups excluding carboxylic acids is 1. The standard InChI is InChI=1S/C14H14ClFO/c1-9-7-10(12(16)8-11(9)15)5-6-13(17)14(2,3)4/h7-8H,1-4H3. The lowest BCUT2D eigenvalue weighted by molar-refractivity contribution is -0.120. The molecule has 3 heteroatoms. The van der Waals surface area contributed by atoms with E-state index in [-0.39, 0.29) is 11.3 Å². The maximum Gasteiger partial charge on any atom is 0.211 e. The number of ketones is 1. The second-order valence-corrected chi connectivity index (χ2v) is 5.32. The van der Waals surface area contributed by atoms with Crippen LogP contribution >= 0.6 is 11.6 Å². The summed E-state index contributed by atoms with van der Waals surface area (Å²) >= 11 is 5.77. The van der Waals surface area contributed by atoms with Crippen LogP contribution in [0, 0.1) is 30.0 Å². The maximum absolute atomic E-state index is 13.5. The summed E-state index contributed by atoms with van der Waals surface area (Å²) in [6.45, 7) is 7.08. The molecule has 0 amide bonds. The molecule has 0 N–H and O–H groups in total. The summed E-state index contributed by atoms with van der Waals surface area (Å²) in [6.07, 6.45) is 0. The quantitative estimate of drug-likeness (QED) is 0.643. The van der Waals surface area contributed by atoms with Crippen molar-refractivity contribution in [2.45, 2.75) is 27.7 Å². The van der Waals surface area contributed by atoms with E-state index in [9.17, 15) is 9.18 Å². The Morgan fingerprint density at radius 3 is 2.47 bits per heavy atom. The van der Waals surface area contributed by atoms with Crippen molar-refractivity contribution in [1.29, 1.82) is 0 Å². The minimum atomic E-state index is -0.537. The van der Waals surface area contributed by atoms with Gasteiger partial charge in [0.25, 0.3) is 0 Å². The fourth-order valence-electron chi connectivity index (χ4n) is 1.06. The number of Topliss-reactive ketones (excluding diaryl/α,β-unsaturated/α-hetero) is 1. The van der Waals surface area contributed by atoms with Gasteiger partial charge in [-0.15, -0.1) is 0 Å². The Hall–Kier alpha value is -1.33. The van der Waals surface area contributed by atoms with Gasteiger partial charge in [-0.3, -0.25) is 4.79 Å². The van der Waals surface area contributed by atoms with E-state index in [1.807, 2.05) is 0 Å². The molecule has 0 aliphatic carbocycles. The molecular weight excluding hydrogens is 239 g/mol. The first-order valence-electron chi connectivity index (χ1n) is 5.24. The lowest BCUT2D eigenvalue weighted by atomic mass is 9.91. The third-order valence-corrected chi connectivity index (χ3v) is 2.65. The summed E-state index contributed by atoms with van der Waals surface area (Å²) in [6, 6.07) is 2.75. The molecule has 0 aromatic heterocycles. The summed E-state index contributed by atoms with van der Waals surface area (Å²) in [5.74, 6) is 4.29. The molecule has 0 saturated heterocycles. The Labute approximate surface area is 106 Å². The van der Waals surface area contributed by atoms with E-state index in [4.69, 9.17) is 11.6 Å². The Kier molecular flexibility index (Phi) is 3.95. The maximum atomic E-state index is 13.5. The van der Waals surface area contributed by atoms with Crippen LogP contribution in [0.1, 0.15) is 31.9 Å². The van der Waals surface area contributed by atoms with E-state index < -0.39 is 11.2 Å². The zero-order chi connectivity index (χ0) is 13.2.